The summed E-state index contributed by atoms with van der Waals surface area (Å²) in [5, 5.41) is 0.639. The molecule has 5 heavy (non-hydrogen) atoms. The van der Waals surface area contributed by atoms with Gasteiger partial charge in [0, 0.05) is 5.03 Å². The lowest BCUT2D eigenvalue weighted by molar-refractivity contribution is 1.72. The molecule has 0 aliphatic rings. The molecule has 0 aromatic rings. The van der Waals surface area contributed by atoms with Crippen molar-refractivity contribution in [2.45, 2.75) is 6.92 Å². The van der Waals surface area contributed by atoms with Crippen LogP contribution in [0.15, 0.2) is 11.6 Å². The molecule has 0 radical (unpaired) electrons. The van der Waals surface area contributed by atoms with Crippen molar-refractivity contribution >= 4 is 24.0 Å². The third kappa shape index (κ3) is 227. The van der Waals surface area contributed by atoms with Gasteiger partial charge >= 0.3 is 0 Å². The van der Waals surface area contributed by atoms with E-state index in [0.29, 0.717) is 5.03 Å². The maximum absolute atomic E-state index is 5.08. The zero-order chi connectivity index (χ0) is 3.58. The van der Waals surface area contributed by atoms with Gasteiger partial charge in [0.1, 0.15) is 0 Å². The SMILES string of the molecule is C=C(C)Cl.Cl. The van der Waals surface area contributed by atoms with Crippen molar-refractivity contribution in [3.05, 3.63) is 11.6 Å². The molecule has 0 heterocycles. The highest BCUT2D eigenvalue weighted by molar-refractivity contribution is 6.28. The van der Waals surface area contributed by atoms with Gasteiger partial charge in [0.25, 0.3) is 0 Å². The molecule has 0 saturated carbocycles. The summed E-state index contributed by atoms with van der Waals surface area (Å²) in [7, 11) is 0. The summed E-state index contributed by atoms with van der Waals surface area (Å²) in [6.45, 7) is 5.06. The highest BCUT2D eigenvalue weighted by atomic mass is 35.5. The second-order valence-corrected chi connectivity index (χ2v) is 1.32. The van der Waals surface area contributed by atoms with Gasteiger partial charge in [-0.25, -0.2) is 0 Å². The van der Waals surface area contributed by atoms with E-state index in [-0.39, 0.29) is 12.4 Å². The van der Waals surface area contributed by atoms with E-state index >= 15 is 0 Å². The van der Waals surface area contributed by atoms with Crippen LogP contribution in [0.2, 0.25) is 0 Å². The second kappa shape index (κ2) is 4.32. The van der Waals surface area contributed by atoms with Crippen LogP contribution in [0, 0.1) is 0 Å². The van der Waals surface area contributed by atoms with Crippen molar-refractivity contribution in [2.24, 2.45) is 0 Å². The fraction of sp³-hybridized carbons (Fsp3) is 0.333. The number of rotatable bonds is 0. The monoisotopic (exact) mass is 112 g/mol. The standard InChI is InChI=1S/C3H5Cl.ClH/c1-3(2)4;/h1H2,2H3;1H. The van der Waals surface area contributed by atoms with Gasteiger partial charge in [0.15, 0.2) is 0 Å². The van der Waals surface area contributed by atoms with Gasteiger partial charge in [0.05, 0.1) is 0 Å². The fourth-order valence-corrected chi connectivity index (χ4v) is 0. The zero-order valence-electron chi connectivity index (χ0n) is 2.99. The molecule has 0 aliphatic carbocycles. The third-order valence-electron chi connectivity index (χ3n) is 0. The minimum absolute atomic E-state index is 0. The van der Waals surface area contributed by atoms with E-state index < -0.39 is 0 Å². The first-order valence-corrected chi connectivity index (χ1v) is 1.42. The van der Waals surface area contributed by atoms with Gasteiger partial charge in [-0.2, -0.15) is 0 Å². The van der Waals surface area contributed by atoms with E-state index in [1.165, 1.54) is 0 Å². The average molecular weight is 113 g/mol. The van der Waals surface area contributed by atoms with Gasteiger partial charge in [-0.15, -0.1) is 12.4 Å². The van der Waals surface area contributed by atoms with E-state index in [0.717, 1.165) is 0 Å². The first kappa shape index (κ1) is 9.01. The summed E-state index contributed by atoms with van der Waals surface area (Å²) >= 11 is 5.08. The molecule has 0 fully saturated rings. The summed E-state index contributed by atoms with van der Waals surface area (Å²) in [6.07, 6.45) is 0. The summed E-state index contributed by atoms with van der Waals surface area (Å²) in [4.78, 5) is 0. The predicted molar refractivity (Wildman–Crippen MR) is 27.9 cm³/mol. The van der Waals surface area contributed by atoms with Crippen molar-refractivity contribution in [2.75, 3.05) is 0 Å². The Morgan fingerprint density at radius 1 is 1.80 bits per heavy atom. The van der Waals surface area contributed by atoms with Gasteiger partial charge in [0.2, 0.25) is 0 Å². The molecule has 0 nitrogen and oxygen atoms in total. The van der Waals surface area contributed by atoms with E-state index in [2.05, 4.69) is 6.58 Å². The molecule has 0 spiro atoms. The zero-order valence-corrected chi connectivity index (χ0v) is 4.57. The molecule has 0 unspecified atom stereocenters. The quantitative estimate of drug-likeness (QED) is 0.451. The predicted octanol–water partition coefficient (Wildman–Crippen LogP) is 2.18. The largest absolute Gasteiger partial charge is 0.147 e. The van der Waals surface area contributed by atoms with Crippen molar-refractivity contribution in [3.63, 3.8) is 0 Å². The van der Waals surface area contributed by atoms with Crippen LogP contribution in [0.5, 0.6) is 0 Å². The maximum atomic E-state index is 5.08. The lowest BCUT2D eigenvalue weighted by Crippen LogP contribution is -1.34. The van der Waals surface area contributed by atoms with E-state index in [4.69, 9.17) is 11.6 Å². The topological polar surface area (TPSA) is 0 Å². The Kier molecular flexibility index (Phi) is 7.78. The molecular formula is C3H6Cl2. The number of allylic oxidation sites excluding steroid dienone is 1. The molecular weight excluding hydrogens is 107 g/mol. The van der Waals surface area contributed by atoms with Crippen LogP contribution in [0.25, 0.3) is 0 Å². The van der Waals surface area contributed by atoms with Crippen LogP contribution in [0.1, 0.15) is 6.92 Å². The normalized spacial score (nSPS) is 5.20. The van der Waals surface area contributed by atoms with Crippen LogP contribution < -0.4 is 0 Å². The second-order valence-electron chi connectivity index (χ2n) is 0.676. The number of halogens is 2. The van der Waals surface area contributed by atoms with Crippen molar-refractivity contribution in [3.8, 4) is 0 Å². The van der Waals surface area contributed by atoms with E-state index in [1.807, 2.05) is 0 Å². The molecule has 0 aromatic carbocycles. The summed E-state index contributed by atoms with van der Waals surface area (Å²) < 4.78 is 0. The molecule has 0 aromatic heterocycles. The Morgan fingerprint density at radius 2 is 1.80 bits per heavy atom. The Morgan fingerprint density at radius 3 is 1.80 bits per heavy atom. The van der Waals surface area contributed by atoms with Crippen molar-refractivity contribution in [1.82, 2.24) is 0 Å². The highest BCUT2D eigenvalue weighted by Crippen LogP contribution is 1.87. The Balaban J connectivity index is 0. The van der Waals surface area contributed by atoms with E-state index in [9.17, 15) is 0 Å². The number of hydrogen-bond acceptors (Lipinski definition) is 0. The minimum atomic E-state index is 0. The fourth-order valence-electron chi connectivity index (χ4n) is 0. The summed E-state index contributed by atoms with van der Waals surface area (Å²) in [5.74, 6) is 0. The van der Waals surface area contributed by atoms with Crippen molar-refractivity contribution in [1.29, 1.82) is 0 Å². The van der Waals surface area contributed by atoms with Gasteiger partial charge < -0.3 is 0 Å². The maximum Gasteiger partial charge on any atom is 0.00778 e. The molecule has 0 atom stereocenters. The van der Waals surface area contributed by atoms with Gasteiger partial charge in [-0.05, 0) is 6.92 Å². The van der Waals surface area contributed by atoms with E-state index in [1.54, 1.807) is 6.92 Å². The third-order valence-corrected chi connectivity index (χ3v) is 0. The lowest BCUT2D eigenvalue weighted by Gasteiger charge is -1.61. The Labute approximate surface area is 43.2 Å². The summed E-state index contributed by atoms with van der Waals surface area (Å²) in [6, 6.07) is 0. The number of hydrogen-bond donors (Lipinski definition) is 0. The van der Waals surface area contributed by atoms with Gasteiger partial charge in [-0.3, -0.25) is 0 Å². The molecule has 0 saturated heterocycles. The molecule has 0 N–H and O–H groups in total. The summed E-state index contributed by atoms with van der Waals surface area (Å²) in [5.41, 5.74) is 0. The molecule has 0 aliphatic heterocycles. The van der Waals surface area contributed by atoms with Crippen LogP contribution >= 0.6 is 24.0 Å². The van der Waals surface area contributed by atoms with Crippen molar-refractivity contribution < 1.29 is 0 Å². The molecule has 0 bridgehead atoms. The molecule has 32 valence electrons. The van der Waals surface area contributed by atoms with Crippen LogP contribution in [-0.2, 0) is 0 Å². The van der Waals surface area contributed by atoms with Crippen LogP contribution in [-0.4, -0.2) is 0 Å². The minimum Gasteiger partial charge on any atom is -0.147 e. The molecule has 0 rings (SSSR count). The molecule has 0 amide bonds. The Hall–Kier alpha value is 0.320. The Bertz CT molecular complexity index is 27.9. The highest BCUT2D eigenvalue weighted by Gasteiger charge is 1.55. The average Bonchev–Trinajstić information content (AvgIpc) is 0.811. The first-order valence-electron chi connectivity index (χ1n) is 1.04. The van der Waals surface area contributed by atoms with Crippen LogP contribution in [0.4, 0.5) is 0 Å². The lowest BCUT2D eigenvalue weighted by atomic mass is 10.8. The molecule has 2 heteroatoms. The van der Waals surface area contributed by atoms with Crippen LogP contribution in [0.3, 0.4) is 0 Å². The first-order chi connectivity index (χ1) is 1.73. The van der Waals surface area contributed by atoms with Gasteiger partial charge in [-0.1, -0.05) is 18.2 Å². The smallest absolute Gasteiger partial charge is 0.00778 e.